The molecular formula is C17H19BrN2OS. The van der Waals surface area contributed by atoms with Crippen LogP contribution in [0.5, 0.6) is 0 Å². The third-order valence-electron chi connectivity index (χ3n) is 3.80. The molecule has 1 aliphatic heterocycles. The fraction of sp³-hybridized carbons (Fsp3) is 0.412. The van der Waals surface area contributed by atoms with E-state index in [-0.39, 0.29) is 5.91 Å². The van der Waals surface area contributed by atoms with Gasteiger partial charge in [-0.05, 0) is 43.0 Å². The van der Waals surface area contributed by atoms with Crippen LogP contribution in [-0.2, 0) is 12.8 Å². The predicted octanol–water partition coefficient (Wildman–Crippen LogP) is 4.62. The summed E-state index contributed by atoms with van der Waals surface area (Å²) in [6, 6.07) is 6.12. The third kappa shape index (κ3) is 2.97. The summed E-state index contributed by atoms with van der Waals surface area (Å²) in [5.41, 5.74) is 3.12. The van der Waals surface area contributed by atoms with Crippen molar-refractivity contribution in [2.75, 3.05) is 11.4 Å². The molecule has 0 atom stereocenters. The van der Waals surface area contributed by atoms with E-state index in [4.69, 9.17) is 0 Å². The van der Waals surface area contributed by atoms with E-state index in [9.17, 15) is 4.79 Å². The summed E-state index contributed by atoms with van der Waals surface area (Å²) in [4.78, 5) is 20.2. The largest absolute Gasteiger partial charge is 0.307 e. The summed E-state index contributed by atoms with van der Waals surface area (Å²) >= 11 is 5.04. The average molecular weight is 379 g/mol. The molecule has 3 rings (SSSR count). The number of benzene rings is 1. The van der Waals surface area contributed by atoms with Crippen LogP contribution in [-0.4, -0.2) is 17.4 Å². The maximum absolute atomic E-state index is 12.9. The standard InChI is InChI=1S/C17H19BrN2OS/c1-10(2)8-15-19-11(3)16(22-15)17(21)20-7-6-12-9-13(18)4-5-14(12)20/h4-5,9-10H,6-8H2,1-3H3. The Morgan fingerprint density at radius 1 is 1.45 bits per heavy atom. The number of hydrogen-bond donors (Lipinski definition) is 0. The van der Waals surface area contributed by atoms with Gasteiger partial charge in [0, 0.05) is 23.1 Å². The first-order chi connectivity index (χ1) is 10.5. The number of anilines is 1. The molecule has 3 nitrogen and oxygen atoms in total. The summed E-state index contributed by atoms with van der Waals surface area (Å²) in [7, 11) is 0. The molecule has 0 aliphatic carbocycles. The Morgan fingerprint density at radius 3 is 2.95 bits per heavy atom. The number of aromatic nitrogens is 1. The monoisotopic (exact) mass is 378 g/mol. The lowest BCUT2D eigenvalue weighted by Gasteiger charge is -2.16. The van der Waals surface area contributed by atoms with Crippen molar-refractivity contribution in [2.45, 2.75) is 33.6 Å². The number of fused-ring (bicyclic) bond motifs is 1. The van der Waals surface area contributed by atoms with E-state index in [0.29, 0.717) is 5.92 Å². The van der Waals surface area contributed by atoms with Crippen LogP contribution < -0.4 is 4.90 Å². The second kappa shape index (κ2) is 6.13. The van der Waals surface area contributed by atoms with Gasteiger partial charge in [0.25, 0.3) is 5.91 Å². The number of nitrogens with zero attached hydrogens (tertiary/aromatic N) is 2. The number of halogens is 1. The zero-order chi connectivity index (χ0) is 15.9. The van der Waals surface area contributed by atoms with Crippen molar-refractivity contribution in [3.63, 3.8) is 0 Å². The van der Waals surface area contributed by atoms with Crippen molar-refractivity contribution >= 4 is 38.9 Å². The van der Waals surface area contributed by atoms with Gasteiger partial charge in [0.05, 0.1) is 10.7 Å². The Balaban J connectivity index is 1.88. The number of rotatable bonds is 3. The molecule has 0 unspecified atom stereocenters. The lowest BCUT2D eigenvalue weighted by atomic mass is 10.1. The zero-order valence-electron chi connectivity index (χ0n) is 13.0. The van der Waals surface area contributed by atoms with Crippen LogP contribution in [0.1, 0.15) is 39.8 Å². The highest BCUT2D eigenvalue weighted by molar-refractivity contribution is 9.10. The molecule has 5 heteroatoms. The summed E-state index contributed by atoms with van der Waals surface area (Å²) in [5, 5.41) is 1.06. The van der Waals surface area contributed by atoms with E-state index in [1.165, 1.54) is 5.56 Å². The van der Waals surface area contributed by atoms with Gasteiger partial charge >= 0.3 is 0 Å². The number of carbonyl (C=O) groups excluding carboxylic acids is 1. The fourth-order valence-electron chi connectivity index (χ4n) is 2.79. The minimum atomic E-state index is 0.0890. The highest BCUT2D eigenvalue weighted by Gasteiger charge is 2.28. The fourth-order valence-corrected chi connectivity index (χ4v) is 4.43. The Labute approximate surface area is 143 Å². The summed E-state index contributed by atoms with van der Waals surface area (Å²) in [5.74, 6) is 0.643. The van der Waals surface area contributed by atoms with Gasteiger partial charge < -0.3 is 4.90 Å². The van der Waals surface area contributed by atoms with Crippen molar-refractivity contribution in [1.82, 2.24) is 4.98 Å². The molecule has 22 heavy (non-hydrogen) atoms. The summed E-state index contributed by atoms with van der Waals surface area (Å²) < 4.78 is 1.06. The van der Waals surface area contributed by atoms with Crippen LogP contribution in [0, 0.1) is 12.8 Å². The first-order valence-electron chi connectivity index (χ1n) is 7.52. The SMILES string of the molecule is Cc1nc(CC(C)C)sc1C(=O)N1CCc2cc(Br)ccc21. The zero-order valence-corrected chi connectivity index (χ0v) is 15.4. The molecule has 0 bridgehead atoms. The van der Waals surface area contributed by atoms with Crippen LogP contribution >= 0.6 is 27.3 Å². The topological polar surface area (TPSA) is 33.2 Å². The van der Waals surface area contributed by atoms with Crippen molar-refractivity contribution < 1.29 is 4.79 Å². The first kappa shape index (κ1) is 15.7. The lowest BCUT2D eigenvalue weighted by molar-refractivity contribution is 0.0992. The maximum atomic E-state index is 12.9. The van der Waals surface area contributed by atoms with Crippen LogP contribution in [0.15, 0.2) is 22.7 Å². The molecule has 1 aromatic heterocycles. The Bertz CT molecular complexity index is 723. The molecular weight excluding hydrogens is 360 g/mol. The Morgan fingerprint density at radius 2 is 2.23 bits per heavy atom. The van der Waals surface area contributed by atoms with Crippen molar-refractivity contribution in [1.29, 1.82) is 0 Å². The van der Waals surface area contributed by atoms with Crippen LogP contribution in [0.4, 0.5) is 5.69 Å². The van der Waals surface area contributed by atoms with Gasteiger partial charge in [-0.2, -0.15) is 0 Å². The van der Waals surface area contributed by atoms with Crippen LogP contribution in [0.25, 0.3) is 0 Å². The van der Waals surface area contributed by atoms with Gasteiger partial charge in [0.2, 0.25) is 0 Å². The smallest absolute Gasteiger partial charge is 0.270 e. The highest BCUT2D eigenvalue weighted by atomic mass is 79.9. The molecule has 1 aliphatic rings. The number of thiazole rings is 1. The molecule has 1 aromatic carbocycles. The molecule has 2 aromatic rings. The third-order valence-corrected chi connectivity index (χ3v) is 5.46. The van der Waals surface area contributed by atoms with Crippen LogP contribution in [0.2, 0.25) is 0 Å². The molecule has 116 valence electrons. The molecule has 2 heterocycles. The van der Waals surface area contributed by atoms with E-state index in [0.717, 1.165) is 45.1 Å². The van der Waals surface area contributed by atoms with E-state index in [2.05, 4.69) is 40.8 Å². The quantitative estimate of drug-likeness (QED) is 0.780. The first-order valence-corrected chi connectivity index (χ1v) is 9.13. The van der Waals surface area contributed by atoms with Crippen molar-refractivity contribution in [2.24, 2.45) is 5.92 Å². The normalized spacial score (nSPS) is 13.8. The van der Waals surface area contributed by atoms with Gasteiger partial charge in [-0.3, -0.25) is 4.79 Å². The summed E-state index contributed by atoms with van der Waals surface area (Å²) in [6.07, 6.45) is 1.85. The predicted molar refractivity (Wildman–Crippen MR) is 94.9 cm³/mol. The second-order valence-electron chi connectivity index (χ2n) is 6.10. The molecule has 0 N–H and O–H groups in total. The molecule has 0 spiro atoms. The maximum Gasteiger partial charge on any atom is 0.270 e. The van der Waals surface area contributed by atoms with Crippen LogP contribution in [0.3, 0.4) is 0 Å². The summed E-state index contributed by atoms with van der Waals surface area (Å²) in [6.45, 7) is 7.03. The van der Waals surface area contributed by atoms with Gasteiger partial charge in [0.1, 0.15) is 4.88 Å². The molecule has 0 radical (unpaired) electrons. The van der Waals surface area contributed by atoms with E-state index < -0.39 is 0 Å². The Kier molecular flexibility index (Phi) is 4.37. The second-order valence-corrected chi connectivity index (χ2v) is 8.10. The molecule has 1 amide bonds. The van der Waals surface area contributed by atoms with Gasteiger partial charge in [0.15, 0.2) is 0 Å². The highest BCUT2D eigenvalue weighted by Crippen LogP contribution is 2.33. The molecule has 0 saturated heterocycles. The van der Waals surface area contributed by atoms with Crippen molar-refractivity contribution in [3.8, 4) is 0 Å². The number of aryl methyl sites for hydroxylation is 1. The number of hydrogen-bond acceptors (Lipinski definition) is 3. The van der Waals surface area contributed by atoms with Crippen molar-refractivity contribution in [3.05, 3.63) is 43.8 Å². The number of amides is 1. The van der Waals surface area contributed by atoms with E-state index in [1.54, 1.807) is 11.3 Å². The van der Waals surface area contributed by atoms with Gasteiger partial charge in [-0.15, -0.1) is 11.3 Å². The minimum absolute atomic E-state index is 0.0890. The minimum Gasteiger partial charge on any atom is -0.307 e. The number of carbonyl (C=O) groups is 1. The molecule has 0 saturated carbocycles. The Hall–Kier alpha value is -1.20. The lowest BCUT2D eigenvalue weighted by Crippen LogP contribution is -2.28. The molecule has 0 fully saturated rings. The average Bonchev–Trinajstić information content (AvgIpc) is 3.00. The van der Waals surface area contributed by atoms with E-state index >= 15 is 0 Å². The van der Waals surface area contributed by atoms with Gasteiger partial charge in [-0.1, -0.05) is 29.8 Å². The van der Waals surface area contributed by atoms with Gasteiger partial charge in [-0.25, -0.2) is 4.98 Å². The van der Waals surface area contributed by atoms with E-state index in [1.807, 2.05) is 24.0 Å².